The van der Waals surface area contributed by atoms with Gasteiger partial charge in [-0.1, -0.05) is 17.8 Å². The number of nitrogens with one attached hydrogen (secondary N) is 1. The number of nitrogen functional groups attached to an aromatic ring is 1. The molecule has 0 aliphatic rings. The zero-order valence-corrected chi connectivity index (χ0v) is 20.2. The molecule has 4 rings (SSSR count). The number of pyridine rings is 2. The third kappa shape index (κ3) is 5.70. The molecule has 1 aromatic carbocycles. The van der Waals surface area contributed by atoms with E-state index in [1.165, 1.54) is 41.4 Å². The van der Waals surface area contributed by atoms with Crippen molar-refractivity contribution in [2.24, 2.45) is 0 Å². The van der Waals surface area contributed by atoms with Gasteiger partial charge >= 0.3 is 0 Å². The fourth-order valence-corrected chi connectivity index (χ4v) is 4.92. The third-order valence-corrected chi connectivity index (χ3v) is 6.56. The number of nitrogens with two attached hydrogens (primary N) is 1. The average Bonchev–Trinajstić information content (AvgIpc) is 3.33. The highest BCUT2D eigenvalue weighted by molar-refractivity contribution is 7.98. The third-order valence-electron chi connectivity index (χ3n) is 4.74. The number of aromatic nitrogens is 3. The number of aliphatic hydroxyl groups excluding tert-OH is 1. The second-order valence-electron chi connectivity index (χ2n) is 7.15. The van der Waals surface area contributed by atoms with Crippen molar-refractivity contribution in [2.45, 2.75) is 10.8 Å². The van der Waals surface area contributed by atoms with E-state index in [2.05, 4.69) is 31.2 Å². The van der Waals surface area contributed by atoms with Crippen molar-refractivity contribution in [3.05, 3.63) is 76.5 Å². The molecule has 180 valence electrons. The highest BCUT2D eigenvalue weighted by Crippen LogP contribution is 2.41. The first-order valence-electron chi connectivity index (χ1n) is 10.4. The maximum absolute atomic E-state index is 13.4. The summed E-state index contributed by atoms with van der Waals surface area (Å²) in [6.07, 6.45) is 1.48. The first-order chi connectivity index (χ1) is 17.5. The van der Waals surface area contributed by atoms with E-state index in [1.54, 1.807) is 24.3 Å². The second kappa shape index (κ2) is 11.5. The highest BCUT2D eigenvalue weighted by Gasteiger charge is 2.21. The molecule has 0 atom stereocenters. The van der Waals surface area contributed by atoms with Crippen LogP contribution in [0, 0.1) is 23.7 Å². The molecule has 0 aliphatic heterocycles. The van der Waals surface area contributed by atoms with E-state index in [4.69, 9.17) is 22.1 Å². The van der Waals surface area contributed by atoms with Gasteiger partial charge in [0.2, 0.25) is 11.6 Å². The molecule has 4 aromatic rings. The van der Waals surface area contributed by atoms with Crippen molar-refractivity contribution in [1.82, 2.24) is 15.0 Å². The Kier molecular flexibility index (Phi) is 7.92. The smallest absolute Gasteiger partial charge is 0.237 e. The Morgan fingerprint density at radius 1 is 1.31 bits per heavy atom. The van der Waals surface area contributed by atoms with Crippen molar-refractivity contribution in [1.29, 1.82) is 5.26 Å². The highest BCUT2D eigenvalue weighted by atomic mass is 32.2. The number of hydrogen-bond acceptors (Lipinski definition) is 10. The molecule has 36 heavy (non-hydrogen) atoms. The molecule has 0 radical (unpaired) electrons. The molecule has 0 fully saturated rings. The number of hydrogen-bond donors (Lipinski definition) is 3. The number of thiazole rings is 1. The molecule has 4 N–H and O–H groups in total. The van der Waals surface area contributed by atoms with Gasteiger partial charge in [0.1, 0.15) is 29.3 Å². The molecule has 3 aromatic heterocycles. The van der Waals surface area contributed by atoms with Gasteiger partial charge in [-0.3, -0.25) is 0 Å². The molecule has 0 bridgehead atoms. The lowest BCUT2D eigenvalue weighted by Crippen LogP contribution is -2.03. The Morgan fingerprint density at radius 2 is 2.17 bits per heavy atom. The van der Waals surface area contributed by atoms with Gasteiger partial charge in [0.25, 0.3) is 0 Å². The van der Waals surface area contributed by atoms with Crippen LogP contribution in [0.25, 0.3) is 16.0 Å². The van der Waals surface area contributed by atoms with Crippen molar-refractivity contribution >= 4 is 45.4 Å². The summed E-state index contributed by atoms with van der Waals surface area (Å²) >= 11 is 2.64. The Labute approximate surface area is 214 Å². The van der Waals surface area contributed by atoms with E-state index in [0.29, 0.717) is 38.6 Å². The van der Waals surface area contributed by atoms with Gasteiger partial charge in [0.15, 0.2) is 5.13 Å². The van der Waals surface area contributed by atoms with E-state index in [9.17, 15) is 9.65 Å². The number of rotatable bonds is 9. The van der Waals surface area contributed by atoms with Crippen LogP contribution in [0.5, 0.6) is 5.88 Å². The number of nitrogens with zero attached hydrogens (tertiary/aromatic N) is 5. The number of nitriles is 1. The summed E-state index contributed by atoms with van der Waals surface area (Å²) in [4.78, 5) is 16.5. The second-order valence-corrected chi connectivity index (χ2v) is 8.97. The SMILES string of the molecule is [C-]#[N+]c1c(N)nc(SCc2csc(Nc3cccc(F)c3)n2)c(C#N)c1-c1ccc(OCCO)nc1. The van der Waals surface area contributed by atoms with Crippen LogP contribution in [0.2, 0.25) is 0 Å². The van der Waals surface area contributed by atoms with Crippen LogP contribution in [0.1, 0.15) is 11.3 Å². The zero-order valence-electron chi connectivity index (χ0n) is 18.6. The molecular weight excluding hydrogens is 501 g/mol. The summed E-state index contributed by atoms with van der Waals surface area (Å²) in [5.41, 5.74) is 8.54. The van der Waals surface area contributed by atoms with E-state index in [-0.39, 0.29) is 36.1 Å². The van der Waals surface area contributed by atoms with Crippen LogP contribution in [-0.2, 0) is 5.75 Å². The predicted octanol–water partition coefficient (Wildman–Crippen LogP) is 5.15. The van der Waals surface area contributed by atoms with Crippen LogP contribution in [-0.4, -0.2) is 33.3 Å². The van der Waals surface area contributed by atoms with Gasteiger partial charge in [0, 0.05) is 34.6 Å². The van der Waals surface area contributed by atoms with Crippen molar-refractivity contribution in [2.75, 3.05) is 24.3 Å². The van der Waals surface area contributed by atoms with E-state index in [1.807, 2.05) is 5.38 Å². The standard InChI is InChI=1S/C24H18FN7O2S2/c1-28-21-20(14-5-6-19(29-11-14)34-8-7-33)18(10-26)23(32-22(21)27)35-12-17-13-36-24(31-17)30-16-4-2-3-15(25)9-16/h2-6,9,11,13,33H,7-8,12H2,(H2,27,32)(H,30,31). The molecule has 0 amide bonds. The molecule has 0 unspecified atom stereocenters. The van der Waals surface area contributed by atoms with Crippen LogP contribution in [0.4, 0.5) is 26.7 Å². The van der Waals surface area contributed by atoms with Crippen LogP contribution < -0.4 is 15.8 Å². The average molecular weight is 520 g/mol. The fraction of sp³-hybridized carbons (Fsp3) is 0.125. The topological polar surface area (TPSA) is 134 Å². The van der Waals surface area contributed by atoms with Crippen LogP contribution >= 0.6 is 23.1 Å². The van der Waals surface area contributed by atoms with Gasteiger partial charge in [-0.2, -0.15) is 5.26 Å². The van der Waals surface area contributed by atoms with Gasteiger partial charge in [-0.05, 0) is 29.8 Å². The van der Waals surface area contributed by atoms with Gasteiger partial charge in [-0.15, -0.1) is 11.3 Å². The number of anilines is 3. The summed E-state index contributed by atoms with van der Waals surface area (Å²) in [6, 6.07) is 11.5. The Balaban J connectivity index is 1.58. The summed E-state index contributed by atoms with van der Waals surface area (Å²) in [7, 11) is 0. The lowest BCUT2D eigenvalue weighted by Gasteiger charge is -2.13. The summed E-state index contributed by atoms with van der Waals surface area (Å²) in [6.45, 7) is 7.52. The maximum Gasteiger partial charge on any atom is 0.237 e. The summed E-state index contributed by atoms with van der Waals surface area (Å²) < 4.78 is 18.7. The van der Waals surface area contributed by atoms with Crippen LogP contribution in [0.15, 0.2) is 53.0 Å². The molecular formula is C24H18FN7O2S2. The fourth-order valence-electron chi connectivity index (χ4n) is 3.20. The van der Waals surface area contributed by atoms with Crippen LogP contribution in [0.3, 0.4) is 0 Å². The normalized spacial score (nSPS) is 10.4. The Morgan fingerprint density at radius 3 is 2.86 bits per heavy atom. The molecule has 3 heterocycles. The number of halogens is 1. The number of ether oxygens (including phenoxy) is 1. The van der Waals surface area contributed by atoms with Gasteiger partial charge < -0.3 is 20.9 Å². The number of benzene rings is 1. The minimum absolute atomic E-state index is 0.00819. The molecule has 0 spiro atoms. The lowest BCUT2D eigenvalue weighted by atomic mass is 10.0. The van der Waals surface area contributed by atoms with Gasteiger partial charge in [0.05, 0.1) is 24.4 Å². The Bertz CT molecular complexity index is 1460. The minimum atomic E-state index is -0.346. The van der Waals surface area contributed by atoms with E-state index < -0.39 is 0 Å². The Hall–Kier alpha value is -4.23. The first-order valence-corrected chi connectivity index (χ1v) is 12.3. The van der Waals surface area contributed by atoms with Gasteiger partial charge in [-0.25, -0.2) is 24.2 Å². The number of aliphatic hydroxyl groups is 1. The zero-order chi connectivity index (χ0) is 25.5. The monoisotopic (exact) mass is 519 g/mol. The quantitative estimate of drug-likeness (QED) is 0.203. The molecule has 12 heteroatoms. The first kappa shape index (κ1) is 24.9. The summed E-state index contributed by atoms with van der Waals surface area (Å²) in [5.74, 6) is 0.361. The van der Waals surface area contributed by atoms with E-state index >= 15 is 0 Å². The largest absolute Gasteiger partial charge is 0.475 e. The predicted molar refractivity (Wildman–Crippen MR) is 137 cm³/mol. The maximum atomic E-state index is 13.4. The van der Waals surface area contributed by atoms with Crippen molar-refractivity contribution < 1.29 is 14.2 Å². The molecule has 0 saturated heterocycles. The number of thioether (sulfide) groups is 1. The van der Waals surface area contributed by atoms with E-state index in [0.717, 1.165) is 5.69 Å². The lowest BCUT2D eigenvalue weighted by molar-refractivity contribution is 0.196. The molecule has 9 nitrogen and oxygen atoms in total. The van der Waals surface area contributed by atoms with Crippen molar-refractivity contribution in [3.8, 4) is 23.1 Å². The minimum Gasteiger partial charge on any atom is -0.475 e. The van der Waals surface area contributed by atoms with Crippen molar-refractivity contribution in [3.63, 3.8) is 0 Å². The molecule has 0 aliphatic carbocycles. The molecule has 0 saturated carbocycles. The summed E-state index contributed by atoms with van der Waals surface area (Å²) in [5, 5.41) is 24.7.